The molecule has 2 aliphatic heterocycles. The van der Waals surface area contributed by atoms with E-state index in [1.807, 2.05) is 19.1 Å². The van der Waals surface area contributed by atoms with Gasteiger partial charge in [0.15, 0.2) is 0 Å². The summed E-state index contributed by atoms with van der Waals surface area (Å²) in [6.45, 7) is 1.90. The predicted octanol–water partition coefficient (Wildman–Crippen LogP) is 3.44. The van der Waals surface area contributed by atoms with Crippen molar-refractivity contribution in [2.45, 2.75) is 50.4 Å². The molecule has 2 aromatic carbocycles. The summed E-state index contributed by atoms with van der Waals surface area (Å²) in [6.07, 6.45) is 1.20. The monoisotopic (exact) mass is 310 g/mol. The fourth-order valence-corrected chi connectivity index (χ4v) is 4.33. The van der Waals surface area contributed by atoms with Gasteiger partial charge in [-0.2, -0.15) is 0 Å². The third-order valence-electron chi connectivity index (χ3n) is 5.46. The highest BCUT2D eigenvalue weighted by molar-refractivity contribution is 5.85. The number of hydrogen-bond acceptors (Lipinski definition) is 3. The van der Waals surface area contributed by atoms with Crippen LogP contribution in [0, 0.1) is 5.92 Å². The van der Waals surface area contributed by atoms with Crippen LogP contribution in [0.5, 0.6) is 0 Å². The van der Waals surface area contributed by atoms with Gasteiger partial charge in [-0.15, -0.1) is 0 Å². The van der Waals surface area contributed by atoms with Crippen molar-refractivity contribution in [1.82, 2.24) is 0 Å². The van der Waals surface area contributed by atoms with Gasteiger partial charge in [-0.3, -0.25) is 4.79 Å². The number of benzene rings is 2. The van der Waals surface area contributed by atoms with E-state index < -0.39 is 6.10 Å². The van der Waals surface area contributed by atoms with Crippen LogP contribution >= 0.6 is 0 Å². The van der Waals surface area contributed by atoms with Crippen molar-refractivity contribution >= 4 is 16.6 Å². The van der Waals surface area contributed by atoms with E-state index in [9.17, 15) is 9.90 Å². The Hall–Kier alpha value is -1.71. The van der Waals surface area contributed by atoms with Gasteiger partial charge in [0, 0.05) is 12.8 Å². The molecule has 1 N–H and O–H groups in total. The zero-order valence-electron chi connectivity index (χ0n) is 13.3. The standard InChI is InChI=1S/C20H22O3/c1-2-17(21)19-16(10-15-11-18(22)20(19)23-15)14-8-7-12-5-3-4-6-13(12)9-14/h3-9,15-16,18-20,22H,2,10-11H2,1H3/t15?,16-,18?,19-,20-/m1/s1. The van der Waals surface area contributed by atoms with Gasteiger partial charge in [-0.05, 0) is 28.7 Å². The highest BCUT2D eigenvalue weighted by Crippen LogP contribution is 2.46. The lowest BCUT2D eigenvalue weighted by atomic mass is 9.75. The summed E-state index contributed by atoms with van der Waals surface area (Å²) in [5.74, 6) is 0.121. The fourth-order valence-electron chi connectivity index (χ4n) is 4.33. The number of aliphatic hydroxyl groups excluding tert-OH is 1. The topological polar surface area (TPSA) is 46.5 Å². The Kier molecular flexibility index (Phi) is 3.70. The molecule has 0 spiro atoms. The molecule has 23 heavy (non-hydrogen) atoms. The third-order valence-corrected chi connectivity index (χ3v) is 5.46. The number of rotatable bonds is 3. The van der Waals surface area contributed by atoms with Crippen molar-refractivity contribution < 1.29 is 14.6 Å². The minimum atomic E-state index is -0.508. The van der Waals surface area contributed by atoms with Crippen molar-refractivity contribution in [3.63, 3.8) is 0 Å². The molecule has 120 valence electrons. The van der Waals surface area contributed by atoms with Gasteiger partial charge >= 0.3 is 0 Å². The van der Waals surface area contributed by atoms with Gasteiger partial charge in [0.2, 0.25) is 0 Å². The van der Waals surface area contributed by atoms with Crippen LogP contribution in [0.4, 0.5) is 0 Å². The number of ether oxygens (including phenoxy) is 1. The SMILES string of the molecule is CCC(=O)[C@H]1[C@@H](c2ccc3ccccc3c2)CC2CC(O)[C@H]1O2. The lowest BCUT2D eigenvalue weighted by molar-refractivity contribution is -0.137. The molecule has 2 heterocycles. The molecule has 2 saturated heterocycles. The quantitative estimate of drug-likeness (QED) is 0.944. The average molecular weight is 310 g/mol. The molecule has 2 unspecified atom stereocenters. The number of aliphatic hydroxyl groups is 1. The van der Waals surface area contributed by atoms with Crippen LogP contribution < -0.4 is 0 Å². The molecular weight excluding hydrogens is 288 g/mol. The molecule has 2 aliphatic rings. The zero-order valence-corrected chi connectivity index (χ0v) is 13.3. The number of fused-ring (bicyclic) bond motifs is 3. The Bertz CT molecular complexity index is 738. The molecule has 3 nitrogen and oxygen atoms in total. The summed E-state index contributed by atoms with van der Waals surface area (Å²) in [4.78, 5) is 12.6. The molecule has 0 aliphatic carbocycles. The summed E-state index contributed by atoms with van der Waals surface area (Å²) in [6, 6.07) is 14.8. The largest absolute Gasteiger partial charge is 0.390 e. The van der Waals surface area contributed by atoms with E-state index in [2.05, 4.69) is 30.3 Å². The van der Waals surface area contributed by atoms with Gasteiger partial charge in [-0.1, -0.05) is 49.4 Å². The summed E-state index contributed by atoms with van der Waals surface area (Å²) in [5, 5.41) is 12.7. The normalized spacial score (nSPS) is 33.0. The molecule has 0 radical (unpaired) electrons. The molecule has 2 aromatic rings. The van der Waals surface area contributed by atoms with Gasteiger partial charge < -0.3 is 9.84 Å². The third kappa shape index (κ3) is 2.48. The van der Waals surface area contributed by atoms with E-state index >= 15 is 0 Å². The summed E-state index contributed by atoms with van der Waals surface area (Å²) in [7, 11) is 0. The Morgan fingerprint density at radius 2 is 1.96 bits per heavy atom. The summed E-state index contributed by atoms with van der Waals surface area (Å²) >= 11 is 0. The molecule has 2 bridgehead atoms. The van der Waals surface area contributed by atoms with Crippen LogP contribution in [0.3, 0.4) is 0 Å². The van der Waals surface area contributed by atoms with E-state index in [0.29, 0.717) is 12.8 Å². The molecule has 4 rings (SSSR count). The van der Waals surface area contributed by atoms with Crippen LogP contribution in [0.2, 0.25) is 0 Å². The van der Waals surface area contributed by atoms with Crippen LogP contribution in [0.1, 0.15) is 37.7 Å². The Labute approximate surface area is 136 Å². The maximum absolute atomic E-state index is 12.6. The maximum Gasteiger partial charge on any atom is 0.139 e. The van der Waals surface area contributed by atoms with Crippen molar-refractivity contribution in [3.05, 3.63) is 48.0 Å². The van der Waals surface area contributed by atoms with E-state index in [1.165, 1.54) is 16.3 Å². The first-order chi connectivity index (χ1) is 11.2. The summed E-state index contributed by atoms with van der Waals surface area (Å²) < 4.78 is 5.91. The Morgan fingerprint density at radius 3 is 2.74 bits per heavy atom. The van der Waals surface area contributed by atoms with Gasteiger partial charge in [0.1, 0.15) is 5.78 Å². The second-order valence-corrected chi connectivity index (χ2v) is 6.82. The molecule has 5 atom stereocenters. The highest BCUT2D eigenvalue weighted by Gasteiger charge is 2.50. The van der Waals surface area contributed by atoms with Crippen LogP contribution in [0.25, 0.3) is 10.8 Å². The first-order valence-corrected chi connectivity index (χ1v) is 8.52. The van der Waals surface area contributed by atoms with E-state index in [1.54, 1.807) is 0 Å². The highest BCUT2D eigenvalue weighted by atomic mass is 16.5. The first-order valence-electron chi connectivity index (χ1n) is 8.52. The number of ketones is 1. The zero-order chi connectivity index (χ0) is 16.0. The maximum atomic E-state index is 12.6. The number of hydrogen-bond donors (Lipinski definition) is 1. The lowest BCUT2D eigenvalue weighted by Gasteiger charge is -2.36. The molecule has 3 heteroatoms. The van der Waals surface area contributed by atoms with Gasteiger partial charge in [-0.25, -0.2) is 0 Å². The second-order valence-electron chi connectivity index (χ2n) is 6.82. The predicted molar refractivity (Wildman–Crippen MR) is 89.4 cm³/mol. The molecule has 0 amide bonds. The Morgan fingerprint density at radius 1 is 1.17 bits per heavy atom. The van der Waals surface area contributed by atoms with E-state index in [-0.39, 0.29) is 29.8 Å². The second kappa shape index (κ2) is 5.73. The van der Waals surface area contributed by atoms with Crippen molar-refractivity contribution in [2.75, 3.05) is 0 Å². The summed E-state index contributed by atoms with van der Waals surface area (Å²) in [5.41, 5.74) is 1.20. The van der Waals surface area contributed by atoms with Crippen molar-refractivity contribution in [1.29, 1.82) is 0 Å². The minimum Gasteiger partial charge on any atom is -0.390 e. The fraction of sp³-hybridized carbons (Fsp3) is 0.450. The average Bonchev–Trinajstić information content (AvgIpc) is 2.88. The number of Topliss-reactive ketones (excluding diaryl/α,β-unsaturated/α-hetero) is 1. The molecule has 2 fully saturated rings. The van der Waals surface area contributed by atoms with Crippen molar-refractivity contribution in [2.24, 2.45) is 5.92 Å². The lowest BCUT2D eigenvalue weighted by Crippen LogP contribution is -2.42. The Balaban J connectivity index is 1.76. The minimum absolute atomic E-state index is 0.0763. The van der Waals surface area contributed by atoms with E-state index in [4.69, 9.17) is 4.74 Å². The van der Waals surface area contributed by atoms with Crippen molar-refractivity contribution in [3.8, 4) is 0 Å². The van der Waals surface area contributed by atoms with Crippen LogP contribution in [-0.2, 0) is 9.53 Å². The first kappa shape index (κ1) is 14.9. The number of carbonyl (C=O) groups excluding carboxylic acids is 1. The van der Waals surface area contributed by atoms with Gasteiger partial charge in [0.25, 0.3) is 0 Å². The number of carbonyl (C=O) groups is 1. The smallest absolute Gasteiger partial charge is 0.139 e. The molecule has 0 saturated carbocycles. The molecular formula is C20H22O3. The van der Waals surface area contributed by atoms with Gasteiger partial charge in [0.05, 0.1) is 24.2 Å². The van der Waals surface area contributed by atoms with E-state index in [0.717, 1.165) is 6.42 Å². The van der Waals surface area contributed by atoms with Crippen LogP contribution in [-0.4, -0.2) is 29.2 Å². The van der Waals surface area contributed by atoms with Crippen LogP contribution in [0.15, 0.2) is 42.5 Å². The molecule has 0 aromatic heterocycles.